The molecule has 0 heterocycles. The molecule has 0 fully saturated rings. The van der Waals surface area contributed by atoms with Gasteiger partial charge in [-0.05, 0) is 11.4 Å². The van der Waals surface area contributed by atoms with E-state index < -0.39 is 6.98 Å². The quantitative estimate of drug-likeness (QED) is 0.538. The molecule has 0 radical (unpaired) electrons. The van der Waals surface area contributed by atoms with Gasteiger partial charge in [-0.1, -0.05) is 15.9 Å². The fourth-order valence-corrected chi connectivity index (χ4v) is 0.560. The number of hydrogen-bond acceptors (Lipinski definition) is 0. The third-order valence-corrected chi connectivity index (χ3v) is 0.683. The van der Waals surface area contributed by atoms with Crippen molar-refractivity contribution in [2.75, 3.05) is 0 Å². The zero-order valence-electron chi connectivity index (χ0n) is 5.17. The number of hydrogen-bond donors (Lipinski definition) is 0. The van der Waals surface area contributed by atoms with Crippen LogP contribution in [-0.2, 0) is 0 Å². The Kier molecular flexibility index (Phi) is 7.95. The summed E-state index contributed by atoms with van der Waals surface area (Å²) in [6, 6.07) is 0. The molecule has 0 aromatic carbocycles. The molecule has 0 amide bonds. The van der Waals surface area contributed by atoms with Crippen molar-refractivity contribution in [2.45, 2.75) is 6.92 Å². The van der Waals surface area contributed by atoms with Gasteiger partial charge in [0.25, 0.3) is 0 Å². The first-order chi connectivity index (χ1) is 3.42. The van der Waals surface area contributed by atoms with Gasteiger partial charge < -0.3 is 12.9 Å². The van der Waals surface area contributed by atoms with Crippen molar-refractivity contribution in [1.29, 1.82) is 0 Å². The van der Waals surface area contributed by atoms with Crippen molar-refractivity contribution in [2.24, 2.45) is 0 Å². The van der Waals surface area contributed by atoms with Crippen molar-refractivity contribution in [3.8, 4) is 0 Å². The van der Waals surface area contributed by atoms with Crippen LogP contribution in [0.3, 0.4) is 0 Å². The van der Waals surface area contributed by atoms with E-state index in [0.717, 1.165) is 0 Å². The van der Waals surface area contributed by atoms with Crippen LogP contribution in [0.2, 0.25) is 0 Å². The van der Waals surface area contributed by atoms with Crippen LogP contribution in [0.1, 0.15) is 6.92 Å². The van der Waals surface area contributed by atoms with Crippen LogP contribution in [0.4, 0.5) is 12.9 Å². The molecule has 0 spiro atoms. The second-order valence-corrected chi connectivity index (χ2v) is 2.63. The standard InChI is InChI=1S/C3H4BBrF3.K/c1-3(5)2-4(6,7)8;/h2H,1H3;/q-1;+1/b3-2+;. The first-order valence-electron chi connectivity index (χ1n) is 1.97. The maximum absolute atomic E-state index is 11.3. The molecule has 9 heavy (non-hydrogen) atoms. The molecular formula is C3H4BBrF3K. The summed E-state index contributed by atoms with van der Waals surface area (Å²) in [7, 11) is 0. The molecule has 0 saturated carbocycles. The zero-order chi connectivity index (χ0) is 6.78. The zero-order valence-corrected chi connectivity index (χ0v) is 9.88. The Balaban J connectivity index is 0. The first-order valence-corrected chi connectivity index (χ1v) is 2.76. The molecule has 0 nitrogen and oxygen atoms in total. The van der Waals surface area contributed by atoms with E-state index in [2.05, 4.69) is 15.9 Å². The minimum absolute atomic E-state index is 0. The van der Waals surface area contributed by atoms with Crippen LogP contribution in [0, 0.1) is 0 Å². The number of allylic oxidation sites excluding steroid dienone is 1. The predicted octanol–water partition coefficient (Wildman–Crippen LogP) is -0.324. The van der Waals surface area contributed by atoms with Crippen LogP contribution in [-0.4, -0.2) is 6.98 Å². The second-order valence-electron chi connectivity index (χ2n) is 1.38. The Bertz CT molecular complexity index is 106. The molecular weight excluding hydrogens is 223 g/mol. The van der Waals surface area contributed by atoms with Crippen molar-refractivity contribution in [3.05, 3.63) is 10.5 Å². The second kappa shape index (κ2) is 5.37. The van der Waals surface area contributed by atoms with Gasteiger partial charge in [-0.2, -0.15) is 0 Å². The molecule has 0 aliphatic heterocycles. The maximum Gasteiger partial charge on any atom is 1.00 e. The van der Waals surface area contributed by atoms with E-state index in [-0.39, 0.29) is 61.8 Å². The molecule has 0 rings (SSSR count). The Labute approximate surface area is 103 Å². The van der Waals surface area contributed by atoms with Gasteiger partial charge in [-0.3, -0.25) is 0 Å². The van der Waals surface area contributed by atoms with Crippen molar-refractivity contribution in [1.82, 2.24) is 0 Å². The Hall–Kier alpha value is 1.71. The fourth-order valence-electron chi connectivity index (χ4n) is 0.260. The molecule has 0 bridgehead atoms. The van der Waals surface area contributed by atoms with Gasteiger partial charge in [0.2, 0.25) is 0 Å². The number of halogens is 4. The van der Waals surface area contributed by atoms with Gasteiger partial charge in [0, 0.05) is 0 Å². The summed E-state index contributed by atoms with van der Waals surface area (Å²) < 4.78 is 33.9. The van der Waals surface area contributed by atoms with Crippen LogP contribution in [0.25, 0.3) is 0 Å². The fraction of sp³-hybridized carbons (Fsp3) is 0.333. The normalized spacial score (nSPS) is 12.8. The van der Waals surface area contributed by atoms with Gasteiger partial charge in [-0.15, -0.1) is 5.98 Å². The Morgan fingerprint density at radius 3 is 1.78 bits per heavy atom. The molecule has 0 N–H and O–H groups in total. The first kappa shape index (κ1) is 13.3. The molecule has 0 aromatic rings. The minimum atomic E-state index is -4.75. The van der Waals surface area contributed by atoms with Gasteiger partial charge in [0.05, 0.1) is 0 Å². The SMILES string of the molecule is C/C(Br)=C\[B-](F)(F)F.[K+]. The van der Waals surface area contributed by atoms with Crippen LogP contribution >= 0.6 is 15.9 Å². The topological polar surface area (TPSA) is 0 Å². The molecule has 0 saturated heterocycles. The van der Waals surface area contributed by atoms with E-state index in [1.54, 1.807) is 0 Å². The van der Waals surface area contributed by atoms with E-state index in [9.17, 15) is 12.9 Å². The van der Waals surface area contributed by atoms with Crippen molar-refractivity contribution >= 4 is 22.9 Å². The molecule has 0 atom stereocenters. The summed E-state index contributed by atoms with van der Waals surface area (Å²) in [4.78, 5) is 0. The average molecular weight is 227 g/mol. The van der Waals surface area contributed by atoms with E-state index in [4.69, 9.17) is 0 Å². The molecule has 0 aromatic heterocycles. The minimum Gasteiger partial charge on any atom is -0.445 e. The monoisotopic (exact) mass is 226 g/mol. The van der Waals surface area contributed by atoms with Gasteiger partial charge in [-0.25, -0.2) is 0 Å². The molecule has 0 aliphatic rings. The predicted molar refractivity (Wildman–Crippen MR) is 31.8 cm³/mol. The van der Waals surface area contributed by atoms with E-state index in [0.29, 0.717) is 0 Å². The summed E-state index contributed by atoms with van der Waals surface area (Å²) in [5.41, 5.74) is 0. The van der Waals surface area contributed by atoms with Gasteiger partial charge >= 0.3 is 58.4 Å². The summed E-state index contributed by atoms with van der Waals surface area (Å²) in [5.74, 6) is 0.250. The molecule has 0 unspecified atom stereocenters. The number of rotatable bonds is 1. The van der Waals surface area contributed by atoms with E-state index >= 15 is 0 Å². The largest absolute Gasteiger partial charge is 1.00 e. The smallest absolute Gasteiger partial charge is 0.445 e. The molecule has 0 aliphatic carbocycles. The molecule has 48 valence electrons. The maximum atomic E-state index is 11.3. The van der Waals surface area contributed by atoms with Gasteiger partial charge in [0.15, 0.2) is 0 Å². The Morgan fingerprint density at radius 2 is 1.78 bits per heavy atom. The third kappa shape index (κ3) is 12.8. The third-order valence-electron chi connectivity index (χ3n) is 0.419. The summed E-state index contributed by atoms with van der Waals surface area (Å²) in [6.45, 7) is -3.40. The van der Waals surface area contributed by atoms with Crippen molar-refractivity contribution < 1.29 is 64.3 Å². The van der Waals surface area contributed by atoms with Crippen molar-refractivity contribution in [3.63, 3.8) is 0 Å². The average Bonchev–Trinajstić information content (AvgIpc) is 1.21. The van der Waals surface area contributed by atoms with Crippen LogP contribution in [0.5, 0.6) is 0 Å². The van der Waals surface area contributed by atoms with E-state index in [1.807, 2.05) is 0 Å². The van der Waals surface area contributed by atoms with Gasteiger partial charge in [0.1, 0.15) is 0 Å². The van der Waals surface area contributed by atoms with Crippen LogP contribution in [0.15, 0.2) is 10.5 Å². The summed E-state index contributed by atoms with van der Waals surface area (Å²) in [6.07, 6.45) is 0. The van der Waals surface area contributed by atoms with Crippen LogP contribution < -0.4 is 51.4 Å². The summed E-state index contributed by atoms with van der Waals surface area (Å²) in [5, 5.41) is 0. The summed E-state index contributed by atoms with van der Waals surface area (Å²) >= 11 is 2.67. The van der Waals surface area contributed by atoms with E-state index in [1.165, 1.54) is 6.92 Å². The Morgan fingerprint density at radius 1 is 1.44 bits per heavy atom. The molecule has 6 heteroatoms.